The molecule has 8 heteroatoms. The summed E-state index contributed by atoms with van der Waals surface area (Å²) in [4.78, 5) is 2.34. The predicted molar refractivity (Wildman–Crippen MR) is 98.1 cm³/mol. The summed E-state index contributed by atoms with van der Waals surface area (Å²) in [6, 6.07) is 5.57. The molecule has 1 aromatic rings. The molecule has 2 rings (SSSR count). The van der Waals surface area contributed by atoms with E-state index >= 15 is 0 Å². The van der Waals surface area contributed by atoms with Gasteiger partial charge in [0.15, 0.2) is 16.6 Å². The van der Waals surface area contributed by atoms with Gasteiger partial charge in [-0.3, -0.25) is 10.3 Å². The second-order valence-electron chi connectivity index (χ2n) is 5.19. The molecule has 0 spiro atoms. The highest BCUT2D eigenvalue weighted by Gasteiger charge is 2.09. The largest absolute Gasteiger partial charge is 0.493 e. The van der Waals surface area contributed by atoms with Crippen molar-refractivity contribution in [1.29, 1.82) is 0 Å². The molecule has 1 fully saturated rings. The van der Waals surface area contributed by atoms with Crippen molar-refractivity contribution in [3.63, 3.8) is 0 Å². The Kier molecular flexibility index (Phi) is 7.73. The number of nitrogens with zero attached hydrogens (tertiary/aromatic N) is 2. The van der Waals surface area contributed by atoms with Crippen molar-refractivity contribution in [2.75, 3.05) is 53.6 Å². The van der Waals surface area contributed by atoms with Crippen LogP contribution in [-0.2, 0) is 4.74 Å². The number of methoxy groups -OCH3 is 2. The highest BCUT2D eigenvalue weighted by atomic mass is 32.1. The van der Waals surface area contributed by atoms with Crippen LogP contribution in [-0.4, -0.2) is 69.8 Å². The standard InChI is InChI=1S/C16H24N4O3S/c1-21-14-4-3-13(11-15(14)22-2)12-18-19-16(24)17-5-6-20-7-9-23-10-8-20/h3-4,11-12H,5-10H2,1-2H3,(H2,17,19,24)/b18-12+. The van der Waals surface area contributed by atoms with Crippen molar-refractivity contribution in [2.45, 2.75) is 0 Å². The van der Waals surface area contributed by atoms with E-state index in [2.05, 4.69) is 20.7 Å². The van der Waals surface area contributed by atoms with Crippen LogP contribution in [0.25, 0.3) is 0 Å². The first-order valence-corrected chi connectivity index (χ1v) is 8.23. The van der Waals surface area contributed by atoms with Gasteiger partial charge in [-0.15, -0.1) is 0 Å². The minimum Gasteiger partial charge on any atom is -0.493 e. The van der Waals surface area contributed by atoms with Gasteiger partial charge in [-0.2, -0.15) is 5.10 Å². The van der Waals surface area contributed by atoms with Crippen LogP contribution < -0.4 is 20.2 Å². The molecule has 1 aliphatic rings. The van der Waals surface area contributed by atoms with Crippen molar-refractivity contribution < 1.29 is 14.2 Å². The zero-order valence-electron chi connectivity index (χ0n) is 14.1. The number of hydrogen-bond acceptors (Lipinski definition) is 6. The maximum absolute atomic E-state index is 5.32. The molecule has 0 aromatic heterocycles. The molecule has 2 N–H and O–H groups in total. The van der Waals surface area contributed by atoms with Gasteiger partial charge in [0, 0.05) is 26.2 Å². The van der Waals surface area contributed by atoms with Crippen LogP contribution in [0.15, 0.2) is 23.3 Å². The van der Waals surface area contributed by atoms with Crippen molar-refractivity contribution >= 4 is 23.5 Å². The van der Waals surface area contributed by atoms with Gasteiger partial charge < -0.3 is 19.5 Å². The Morgan fingerprint density at radius 3 is 2.75 bits per heavy atom. The zero-order valence-corrected chi connectivity index (χ0v) is 14.9. The minimum absolute atomic E-state index is 0.500. The first-order valence-electron chi connectivity index (χ1n) is 7.82. The number of morpholine rings is 1. The van der Waals surface area contributed by atoms with Crippen molar-refractivity contribution in [3.05, 3.63) is 23.8 Å². The molecule has 0 saturated carbocycles. The Morgan fingerprint density at radius 1 is 1.29 bits per heavy atom. The fourth-order valence-corrected chi connectivity index (χ4v) is 2.45. The summed E-state index contributed by atoms with van der Waals surface area (Å²) in [5.74, 6) is 1.34. The van der Waals surface area contributed by atoms with E-state index in [0.29, 0.717) is 16.6 Å². The van der Waals surface area contributed by atoms with Crippen LogP contribution in [0.1, 0.15) is 5.56 Å². The van der Waals surface area contributed by atoms with Crippen LogP contribution in [0.4, 0.5) is 0 Å². The number of benzene rings is 1. The molecule has 1 heterocycles. The molecule has 0 amide bonds. The molecule has 7 nitrogen and oxygen atoms in total. The third kappa shape index (κ3) is 5.95. The first kappa shape index (κ1) is 18.4. The van der Waals surface area contributed by atoms with Crippen LogP contribution in [0.3, 0.4) is 0 Å². The van der Waals surface area contributed by atoms with E-state index in [1.807, 2.05) is 18.2 Å². The van der Waals surface area contributed by atoms with E-state index in [-0.39, 0.29) is 0 Å². The third-order valence-electron chi connectivity index (χ3n) is 3.60. The second kappa shape index (κ2) is 10.1. The summed E-state index contributed by atoms with van der Waals surface area (Å²) in [5.41, 5.74) is 3.69. The molecule has 24 heavy (non-hydrogen) atoms. The number of nitrogens with one attached hydrogen (secondary N) is 2. The van der Waals surface area contributed by atoms with Gasteiger partial charge in [0.25, 0.3) is 0 Å². The number of hydrogen-bond donors (Lipinski definition) is 2. The lowest BCUT2D eigenvalue weighted by Gasteiger charge is -2.26. The van der Waals surface area contributed by atoms with Crippen LogP contribution in [0, 0.1) is 0 Å². The Labute approximate surface area is 147 Å². The summed E-state index contributed by atoms with van der Waals surface area (Å²) in [6.45, 7) is 5.26. The third-order valence-corrected chi connectivity index (χ3v) is 3.84. The van der Waals surface area contributed by atoms with Gasteiger partial charge in [0.05, 0.1) is 33.6 Å². The molecular formula is C16H24N4O3S. The highest BCUT2D eigenvalue weighted by Crippen LogP contribution is 2.26. The number of hydrazone groups is 1. The van der Waals surface area contributed by atoms with Crippen LogP contribution >= 0.6 is 12.2 Å². The van der Waals surface area contributed by atoms with E-state index in [9.17, 15) is 0 Å². The summed E-state index contributed by atoms with van der Waals surface area (Å²) < 4.78 is 15.8. The molecule has 1 saturated heterocycles. The fraction of sp³-hybridized carbons (Fsp3) is 0.500. The Balaban J connectivity index is 1.71. The van der Waals surface area contributed by atoms with Crippen LogP contribution in [0.5, 0.6) is 11.5 Å². The molecule has 0 atom stereocenters. The number of rotatable bonds is 7. The number of thiocarbonyl (C=S) groups is 1. The quantitative estimate of drug-likeness (QED) is 0.428. The fourth-order valence-electron chi connectivity index (χ4n) is 2.29. The predicted octanol–water partition coefficient (Wildman–Crippen LogP) is 0.834. The van der Waals surface area contributed by atoms with Gasteiger partial charge in [-0.05, 0) is 36.0 Å². The molecule has 132 valence electrons. The van der Waals surface area contributed by atoms with Crippen molar-refractivity contribution in [1.82, 2.24) is 15.6 Å². The lowest BCUT2D eigenvalue weighted by molar-refractivity contribution is 0.0389. The second-order valence-corrected chi connectivity index (χ2v) is 5.60. The molecule has 0 unspecified atom stereocenters. The lowest BCUT2D eigenvalue weighted by Crippen LogP contribution is -2.42. The van der Waals surface area contributed by atoms with E-state index < -0.39 is 0 Å². The average molecular weight is 352 g/mol. The maximum Gasteiger partial charge on any atom is 0.187 e. The topological polar surface area (TPSA) is 67.4 Å². The maximum atomic E-state index is 5.32. The Bertz CT molecular complexity index is 562. The molecule has 0 aliphatic carbocycles. The van der Waals surface area contributed by atoms with Gasteiger partial charge in [0.2, 0.25) is 0 Å². The zero-order chi connectivity index (χ0) is 17.2. The van der Waals surface area contributed by atoms with Crippen molar-refractivity contribution in [2.24, 2.45) is 5.10 Å². The van der Waals surface area contributed by atoms with E-state index in [1.165, 1.54) is 0 Å². The molecule has 0 radical (unpaired) electrons. The van der Waals surface area contributed by atoms with Gasteiger partial charge in [0.1, 0.15) is 0 Å². The van der Waals surface area contributed by atoms with E-state index in [1.54, 1.807) is 20.4 Å². The minimum atomic E-state index is 0.500. The molecule has 0 bridgehead atoms. The monoisotopic (exact) mass is 352 g/mol. The summed E-state index contributed by atoms with van der Waals surface area (Å²) in [6.07, 6.45) is 1.68. The lowest BCUT2D eigenvalue weighted by atomic mass is 10.2. The van der Waals surface area contributed by atoms with E-state index in [0.717, 1.165) is 45.0 Å². The SMILES string of the molecule is COc1ccc(/C=N/NC(=S)NCCN2CCOCC2)cc1OC. The Hall–Kier alpha value is -1.90. The molecule has 1 aliphatic heterocycles. The van der Waals surface area contributed by atoms with Crippen molar-refractivity contribution in [3.8, 4) is 11.5 Å². The Morgan fingerprint density at radius 2 is 2.04 bits per heavy atom. The average Bonchev–Trinajstić information content (AvgIpc) is 2.62. The molecular weight excluding hydrogens is 328 g/mol. The smallest absolute Gasteiger partial charge is 0.187 e. The molecule has 1 aromatic carbocycles. The highest BCUT2D eigenvalue weighted by molar-refractivity contribution is 7.80. The summed E-state index contributed by atoms with van der Waals surface area (Å²) in [5, 5.41) is 7.77. The van der Waals surface area contributed by atoms with E-state index in [4.69, 9.17) is 26.4 Å². The van der Waals surface area contributed by atoms with Crippen LogP contribution in [0.2, 0.25) is 0 Å². The summed E-state index contributed by atoms with van der Waals surface area (Å²) >= 11 is 5.20. The van der Waals surface area contributed by atoms with Gasteiger partial charge in [-0.1, -0.05) is 0 Å². The number of ether oxygens (including phenoxy) is 3. The summed E-state index contributed by atoms with van der Waals surface area (Å²) in [7, 11) is 3.21. The van der Waals surface area contributed by atoms with Gasteiger partial charge in [-0.25, -0.2) is 0 Å². The normalized spacial score (nSPS) is 15.2. The first-order chi connectivity index (χ1) is 11.7. The van der Waals surface area contributed by atoms with Gasteiger partial charge >= 0.3 is 0 Å².